The third-order valence-corrected chi connectivity index (χ3v) is 3.93. The highest BCUT2D eigenvalue weighted by Crippen LogP contribution is 2.23. The molecule has 1 heterocycles. The molecule has 0 fully saturated rings. The van der Waals surface area contributed by atoms with Gasteiger partial charge in [-0.25, -0.2) is 4.79 Å². The lowest BCUT2D eigenvalue weighted by molar-refractivity contribution is -0.155. The van der Waals surface area contributed by atoms with Crippen molar-refractivity contribution >= 4 is 29.2 Å². The summed E-state index contributed by atoms with van der Waals surface area (Å²) in [7, 11) is 1.79. The van der Waals surface area contributed by atoms with Gasteiger partial charge in [-0.3, -0.25) is 9.48 Å². The molecular weight excluding hydrogens is 346 g/mol. The molecule has 8 heteroatoms. The molecular formula is C17H20ClN3O4. The Hall–Kier alpha value is -2.54. The Kier molecular flexibility index (Phi) is 6.03. The molecule has 0 radical (unpaired) electrons. The first-order valence-electron chi connectivity index (χ1n) is 7.67. The smallest absolute Gasteiger partial charge is 0.344 e. The standard InChI is InChI=1S/C17H20ClN3O4/c1-10-16(11(2)21(4)20-10)19-17(23)12(3)25-15(22)9-24-14-8-6-5-7-13(14)18/h5-8,12H,9H2,1-4H3,(H,19,23). The van der Waals surface area contributed by atoms with Gasteiger partial charge in [0.25, 0.3) is 5.91 Å². The van der Waals surface area contributed by atoms with E-state index in [4.69, 9.17) is 21.1 Å². The normalized spacial score (nSPS) is 11.7. The Labute approximate surface area is 150 Å². The number of rotatable bonds is 6. The van der Waals surface area contributed by atoms with E-state index in [-0.39, 0.29) is 6.61 Å². The summed E-state index contributed by atoms with van der Waals surface area (Å²) < 4.78 is 12.0. The number of amides is 1. The first-order chi connectivity index (χ1) is 11.8. The quantitative estimate of drug-likeness (QED) is 0.796. The summed E-state index contributed by atoms with van der Waals surface area (Å²) in [6.07, 6.45) is -0.971. The number of hydrogen-bond acceptors (Lipinski definition) is 5. The first kappa shape index (κ1) is 18.8. The van der Waals surface area contributed by atoms with E-state index >= 15 is 0 Å². The van der Waals surface area contributed by atoms with E-state index in [0.29, 0.717) is 22.2 Å². The van der Waals surface area contributed by atoms with Crippen LogP contribution >= 0.6 is 11.6 Å². The average Bonchev–Trinajstić information content (AvgIpc) is 2.80. The highest BCUT2D eigenvalue weighted by Gasteiger charge is 2.21. The molecule has 0 aliphatic heterocycles. The number of nitrogens with zero attached hydrogens (tertiary/aromatic N) is 2. The second kappa shape index (κ2) is 8.02. The number of nitrogens with one attached hydrogen (secondary N) is 1. The second-order valence-electron chi connectivity index (χ2n) is 5.51. The number of esters is 1. The van der Waals surface area contributed by atoms with Crippen LogP contribution in [0.25, 0.3) is 0 Å². The van der Waals surface area contributed by atoms with Gasteiger partial charge in [-0.05, 0) is 32.9 Å². The van der Waals surface area contributed by atoms with E-state index in [2.05, 4.69) is 10.4 Å². The van der Waals surface area contributed by atoms with Crippen molar-refractivity contribution in [2.75, 3.05) is 11.9 Å². The number of hydrogen-bond donors (Lipinski definition) is 1. The lowest BCUT2D eigenvalue weighted by atomic mass is 10.3. The minimum absolute atomic E-state index is 0.341. The number of carbonyl (C=O) groups excluding carboxylic acids is 2. The van der Waals surface area contributed by atoms with Crippen LogP contribution in [0.1, 0.15) is 18.3 Å². The summed E-state index contributed by atoms with van der Waals surface area (Å²) in [6, 6.07) is 6.78. The molecule has 0 aliphatic rings. The van der Waals surface area contributed by atoms with Crippen molar-refractivity contribution in [3.05, 3.63) is 40.7 Å². The molecule has 2 aromatic rings. The molecule has 0 spiro atoms. The van der Waals surface area contributed by atoms with E-state index in [9.17, 15) is 9.59 Å². The number of ether oxygens (including phenoxy) is 2. The van der Waals surface area contributed by atoms with Crippen LogP contribution in [0.15, 0.2) is 24.3 Å². The van der Waals surface area contributed by atoms with E-state index < -0.39 is 18.0 Å². The third-order valence-electron chi connectivity index (χ3n) is 3.62. The fraction of sp³-hybridized carbons (Fsp3) is 0.353. The van der Waals surface area contributed by atoms with Crippen molar-refractivity contribution in [1.29, 1.82) is 0 Å². The van der Waals surface area contributed by atoms with E-state index in [1.165, 1.54) is 6.92 Å². The Morgan fingerprint density at radius 2 is 2.00 bits per heavy atom. The van der Waals surface area contributed by atoms with Gasteiger partial charge < -0.3 is 14.8 Å². The fourth-order valence-electron chi connectivity index (χ4n) is 2.16. The Bertz CT molecular complexity index is 788. The van der Waals surface area contributed by atoms with Gasteiger partial charge in [-0.2, -0.15) is 5.10 Å². The molecule has 134 valence electrons. The number of halogens is 1. The number of benzene rings is 1. The molecule has 25 heavy (non-hydrogen) atoms. The lowest BCUT2D eigenvalue weighted by Crippen LogP contribution is -2.32. The van der Waals surface area contributed by atoms with Crippen molar-refractivity contribution in [2.45, 2.75) is 26.9 Å². The van der Waals surface area contributed by atoms with Crippen LogP contribution in [-0.4, -0.2) is 34.4 Å². The number of aryl methyl sites for hydroxylation is 2. The second-order valence-corrected chi connectivity index (χ2v) is 5.92. The zero-order valence-corrected chi connectivity index (χ0v) is 15.3. The summed E-state index contributed by atoms with van der Waals surface area (Å²) in [6.45, 7) is 4.77. The van der Waals surface area contributed by atoms with Crippen molar-refractivity contribution in [1.82, 2.24) is 9.78 Å². The molecule has 1 unspecified atom stereocenters. The maximum atomic E-state index is 12.2. The van der Waals surface area contributed by atoms with E-state index in [0.717, 1.165) is 5.69 Å². The average molecular weight is 366 g/mol. The predicted octanol–water partition coefficient (Wildman–Crippen LogP) is 2.64. The number of para-hydroxylation sites is 1. The third kappa shape index (κ3) is 4.73. The highest BCUT2D eigenvalue weighted by atomic mass is 35.5. The summed E-state index contributed by atoms with van der Waals surface area (Å²) in [5.74, 6) is -0.729. The molecule has 0 saturated heterocycles. The van der Waals surface area contributed by atoms with Crippen LogP contribution in [0.4, 0.5) is 5.69 Å². The maximum Gasteiger partial charge on any atom is 0.344 e. The van der Waals surface area contributed by atoms with Gasteiger partial charge in [-0.15, -0.1) is 0 Å². The highest BCUT2D eigenvalue weighted by molar-refractivity contribution is 6.32. The topological polar surface area (TPSA) is 82.5 Å². The lowest BCUT2D eigenvalue weighted by Gasteiger charge is -2.14. The van der Waals surface area contributed by atoms with Crippen molar-refractivity contribution in [3.63, 3.8) is 0 Å². The zero-order valence-electron chi connectivity index (χ0n) is 14.5. The predicted molar refractivity (Wildman–Crippen MR) is 93.8 cm³/mol. The molecule has 7 nitrogen and oxygen atoms in total. The molecule has 0 saturated carbocycles. The van der Waals surface area contributed by atoms with Crippen molar-refractivity contribution in [2.24, 2.45) is 7.05 Å². The molecule has 2 rings (SSSR count). The van der Waals surface area contributed by atoms with E-state index in [1.54, 1.807) is 42.9 Å². The van der Waals surface area contributed by atoms with Crippen LogP contribution in [0.2, 0.25) is 5.02 Å². The van der Waals surface area contributed by atoms with Crippen LogP contribution in [-0.2, 0) is 21.4 Å². The number of anilines is 1. The Morgan fingerprint density at radius 3 is 2.60 bits per heavy atom. The SMILES string of the molecule is Cc1nn(C)c(C)c1NC(=O)C(C)OC(=O)COc1ccccc1Cl. The van der Waals surface area contributed by atoms with Gasteiger partial charge in [-0.1, -0.05) is 23.7 Å². The van der Waals surface area contributed by atoms with Gasteiger partial charge in [0.1, 0.15) is 5.75 Å². The molecule has 1 atom stereocenters. The van der Waals surface area contributed by atoms with Gasteiger partial charge in [0.2, 0.25) is 0 Å². The van der Waals surface area contributed by atoms with Gasteiger partial charge in [0.15, 0.2) is 12.7 Å². The van der Waals surface area contributed by atoms with Gasteiger partial charge in [0.05, 0.1) is 22.1 Å². The zero-order chi connectivity index (χ0) is 18.6. The van der Waals surface area contributed by atoms with Gasteiger partial charge >= 0.3 is 5.97 Å². The minimum atomic E-state index is -0.971. The van der Waals surface area contributed by atoms with Gasteiger partial charge in [0, 0.05) is 7.05 Å². The first-order valence-corrected chi connectivity index (χ1v) is 8.05. The summed E-state index contributed by atoms with van der Waals surface area (Å²) in [5, 5.41) is 7.34. The van der Waals surface area contributed by atoms with Crippen LogP contribution in [0, 0.1) is 13.8 Å². The molecule has 1 aromatic heterocycles. The minimum Gasteiger partial charge on any atom is -0.480 e. The van der Waals surface area contributed by atoms with Crippen LogP contribution in [0.3, 0.4) is 0 Å². The fourth-order valence-corrected chi connectivity index (χ4v) is 2.35. The summed E-state index contributed by atoms with van der Waals surface area (Å²) >= 11 is 5.94. The Balaban J connectivity index is 1.88. The van der Waals surface area contributed by atoms with Crippen LogP contribution < -0.4 is 10.1 Å². The number of carbonyl (C=O) groups is 2. The largest absolute Gasteiger partial charge is 0.480 e. The van der Waals surface area contributed by atoms with Crippen LogP contribution in [0.5, 0.6) is 5.75 Å². The summed E-state index contributed by atoms with van der Waals surface area (Å²) in [4.78, 5) is 24.0. The molecule has 1 N–H and O–H groups in total. The van der Waals surface area contributed by atoms with E-state index in [1.807, 2.05) is 6.92 Å². The summed E-state index contributed by atoms with van der Waals surface area (Å²) in [5.41, 5.74) is 2.11. The maximum absolute atomic E-state index is 12.2. The molecule has 0 aliphatic carbocycles. The number of aromatic nitrogens is 2. The molecule has 1 aromatic carbocycles. The molecule has 0 bridgehead atoms. The molecule has 1 amide bonds. The van der Waals surface area contributed by atoms with Crippen molar-refractivity contribution in [3.8, 4) is 5.75 Å². The Morgan fingerprint density at radius 1 is 1.32 bits per heavy atom. The monoisotopic (exact) mass is 365 g/mol. The van der Waals surface area contributed by atoms with Crippen molar-refractivity contribution < 1.29 is 19.1 Å².